The van der Waals surface area contributed by atoms with Crippen LogP contribution >= 0.6 is 0 Å². The lowest BCUT2D eigenvalue weighted by molar-refractivity contribution is 0.101. The van der Waals surface area contributed by atoms with Gasteiger partial charge in [-0.25, -0.2) is 14.3 Å². The number of amides is 1. The zero-order valence-electron chi connectivity index (χ0n) is 14.9. The topological polar surface area (TPSA) is 81.8 Å². The first kappa shape index (κ1) is 16.7. The molecule has 0 unspecified atom stereocenters. The second kappa shape index (κ2) is 6.53. The standard InChI is InChI=1S/C20H17N5O2/c1-13-11-14(2)25(22-13)16-9-7-15(8-10-16)19(26)23-24-12-21-18-6-4-3-5-17(18)20(24)27/h3-12H,1-2H3,(H,23,26). The molecule has 0 fully saturated rings. The van der Waals surface area contributed by atoms with Gasteiger partial charge in [0.2, 0.25) is 0 Å². The molecule has 0 bridgehead atoms. The highest BCUT2D eigenvalue weighted by molar-refractivity contribution is 6.00. The third kappa shape index (κ3) is 3.10. The van der Waals surface area contributed by atoms with Gasteiger partial charge in [0.15, 0.2) is 0 Å². The van der Waals surface area contributed by atoms with Crippen LogP contribution in [0.4, 0.5) is 0 Å². The van der Waals surface area contributed by atoms with Crippen molar-refractivity contribution in [3.8, 4) is 5.69 Å². The van der Waals surface area contributed by atoms with E-state index in [0.717, 1.165) is 21.8 Å². The van der Waals surface area contributed by atoms with Gasteiger partial charge in [-0.1, -0.05) is 12.1 Å². The highest BCUT2D eigenvalue weighted by atomic mass is 16.2. The molecule has 0 atom stereocenters. The van der Waals surface area contributed by atoms with Crippen molar-refractivity contribution in [2.75, 3.05) is 5.43 Å². The number of nitrogens with one attached hydrogen (secondary N) is 1. The predicted octanol–water partition coefficient (Wildman–Crippen LogP) is 2.58. The number of benzene rings is 2. The van der Waals surface area contributed by atoms with Crippen molar-refractivity contribution < 1.29 is 4.79 Å². The molecule has 2 aromatic heterocycles. The molecule has 4 rings (SSSR count). The van der Waals surface area contributed by atoms with Crippen LogP contribution in [0.1, 0.15) is 21.7 Å². The van der Waals surface area contributed by atoms with Gasteiger partial charge in [0, 0.05) is 11.3 Å². The highest BCUT2D eigenvalue weighted by Gasteiger charge is 2.10. The van der Waals surface area contributed by atoms with Crippen LogP contribution < -0.4 is 11.0 Å². The Kier molecular flexibility index (Phi) is 4.04. The van der Waals surface area contributed by atoms with E-state index in [0.29, 0.717) is 16.5 Å². The van der Waals surface area contributed by atoms with E-state index in [-0.39, 0.29) is 5.56 Å². The molecule has 7 heteroatoms. The van der Waals surface area contributed by atoms with Crippen LogP contribution in [0.2, 0.25) is 0 Å². The molecule has 0 radical (unpaired) electrons. The Morgan fingerprint density at radius 1 is 1.04 bits per heavy atom. The van der Waals surface area contributed by atoms with Gasteiger partial charge in [-0.05, 0) is 56.3 Å². The van der Waals surface area contributed by atoms with Crippen molar-refractivity contribution in [1.29, 1.82) is 0 Å². The molecular formula is C20H17N5O2. The Bertz CT molecular complexity index is 1210. The van der Waals surface area contributed by atoms with Gasteiger partial charge in [0.25, 0.3) is 11.5 Å². The Balaban J connectivity index is 1.59. The molecule has 0 spiro atoms. The van der Waals surface area contributed by atoms with Crippen molar-refractivity contribution in [2.45, 2.75) is 13.8 Å². The van der Waals surface area contributed by atoms with Gasteiger partial charge in [0.05, 0.1) is 22.3 Å². The van der Waals surface area contributed by atoms with Crippen LogP contribution in [0.15, 0.2) is 65.7 Å². The van der Waals surface area contributed by atoms with E-state index in [1.165, 1.54) is 6.33 Å². The molecule has 2 heterocycles. The number of para-hydroxylation sites is 1. The zero-order chi connectivity index (χ0) is 19.0. The maximum Gasteiger partial charge on any atom is 0.280 e. The molecule has 134 valence electrons. The molecule has 2 aromatic carbocycles. The van der Waals surface area contributed by atoms with Crippen molar-refractivity contribution in [3.63, 3.8) is 0 Å². The van der Waals surface area contributed by atoms with Crippen molar-refractivity contribution in [3.05, 3.63) is 88.2 Å². The Hall–Kier alpha value is -3.74. The number of aryl methyl sites for hydroxylation is 2. The number of hydrogen-bond acceptors (Lipinski definition) is 4. The van der Waals surface area contributed by atoms with E-state index < -0.39 is 5.91 Å². The predicted molar refractivity (Wildman–Crippen MR) is 103 cm³/mol. The van der Waals surface area contributed by atoms with Gasteiger partial charge in [-0.3, -0.25) is 15.0 Å². The second-order valence-electron chi connectivity index (χ2n) is 6.26. The van der Waals surface area contributed by atoms with Gasteiger partial charge in [-0.2, -0.15) is 5.10 Å². The van der Waals surface area contributed by atoms with E-state index in [4.69, 9.17) is 0 Å². The maximum absolute atomic E-state index is 12.5. The van der Waals surface area contributed by atoms with Crippen molar-refractivity contribution >= 4 is 16.8 Å². The summed E-state index contributed by atoms with van der Waals surface area (Å²) in [5.41, 5.74) is 6.07. The fourth-order valence-electron chi connectivity index (χ4n) is 2.97. The summed E-state index contributed by atoms with van der Waals surface area (Å²) in [4.78, 5) is 29.2. The van der Waals surface area contributed by atoms with Gasteiger partial charge < -0.3 is 0 Å². The first-order chi connectivity index (χ1) is 13.0. The quantitative estimate of drug-likeness (QED) is 0.610. The van der Waals surface area contributed by atoms with E-state index in [9.17, 15) is 9.59 Å². The third-order valence-corrected chi connectivity index (χ3v) is 4.27. The summed E-state index contributed by atoms with van der Waals surface area (Å²) < 4.78 is 2.91. The number of carbonyl (C=O) groups excluding carboxylic acids is 1. The SMILES string of the molecule is Cc1cc(C)n(-c2ccc(C(=O)Nn3cnc4ccccc4c3=O)cc2)n1. The summed E-state index contributed by atoms with van der Waals surface area (Å²) in [5.74, 6) is -0.394. The van der Waals surface area contributed by atoms with Crippen LogP contribution in [0.25, 0.3) is 16.6 Å². The lowest BCUT2D eigenvalue weighted by Crippen LogP contribution is -2.33. The summed E-state index contributed by atoms with van der Waals surface area (Å²) >= 11 is 0. The minimum atomic E-state index is -0.394. The van der Waals surface area contributed by atoms with E-state index >= 15 is 0 Å². The molecule has 0 saturated heterocycles. The van der Waals surface area contributed by atoms with Gasteiger partial charge in [-0.15, -0.1) is 0 Å². The van der Waals surface area contributed by atoms with E-state index in [1.807, 2.05) is 42.8 Å². The molecule has 0 saturated carbocycles. The average molecular weight is 359 g/mol. The summed E-state index contributed by atoms with van der Waals surface area (Å²) in [6.07, 6.45) is 1.31. The fraction of sp³-hybridized carbons (Fsp3) is 0.100. The van der Waals surface area contributed by atoms with Crippen LogP contribution in [-0.4, -0.2) is 25.3 Å². The van der Waals surface area contributed by atoms with E-state index in [2.05, 4.69) is 15.5 Å². The summed E-state index contributed by atoms with van der Waals surface area (Å²) in [5, 5.41) is 4.87. The number of fused-ring (bicyclic) bond motifs is 1. The molecular weight excluding hydrogens is 342 g/mol. The number of carbonyl (C=O) groups is 1. The van der Waals surface area contributed by atoms with Crippen molar-refractivity contribution in [2.24, 2.45) is 0 Å². The number of rotatable bonds is 3. The van der Waals surface area contributed by atoms with Crippen molar-refractivity contribution in [1.82, 2.24) is 19.4 Å². The first-order valence-corrected chi connectivity index (χ1v) is 8.44. The first-order valence-electron chi connectivity index (χ1n) is 8.44. The summed E-state index contributed by atoms with van der Waals surface area (Å²) in [6, 6.07) is 16.0. The molecule has 1 amide bonds. The molecule has 4 aromatic rings. The minimum Gasteiger partial charge on any atom is -0.267 e. The van der Waals surface area contributed by atoms with Crippen LogP contribution in [-0.2, 0) is 0 Å². The Morgan fingerprint density at radius 3 is 2.48 bits per heavy atom. The normalized spacial score (nSPS) is 10.9. The Morgan fingerprint density at radius 2 is 1.78 bits per heavy atom. The number of aromatic nitrogens is 4. The molecule has 27 heavy (non-hydrogen) atoms. The monoisotopic (exact) mass is 359 g/mol. The number of hydrogen-bond donors (Lipinski definition) is 1. The zero-order valence-corrected chi connectivity index (χ0v) is 14.9. The van der Waals surface area contributed by atoms with Crippen LogP contribution in [0.5, 0.6) is 0 Å². The maximum atomic E-state index is 12.5. The summed E-state index contributed by atoms with van der Waals surface area (Å²) in [7, 11) is 0. The highest BCUT2D eigenvalue weighted by Crippen LogP contribution is 2.13. The van der Waals surface area contributed by atoms with Crippen LogP contribution in [0.3, 0.4) is 0 Å². The van der Waals surface area contributed by atoms with Crippen LogP contribution in [0, 0.1) is 13.8 Å². The summed E-state index contributed by atoms with van der Waals surface area (Å²) in [6.45, 7) is 3.90. The Labute approximate surface area is 154 Å². The average Bonchev–Trinajstić information content (AvgIpc) is 3.02. The second-order valence-corrected chi connectivity index (χ2v) is 6.26. The van der Waals surface area contributed by atoms with E-state index in [1.54, 1.807) is 30.3 Å². The number of nitrogens with zero attached hydrogens (tertiary/aromatic N) is 4. The van der Waals surface area contributed by atoms with Gasteiger partial charge in [0.1, 0.15) is 6.33 Å². The van der Waals surface area contributed by atoms with Gasteiger partial charge >= 0.3 is 0 Å². The largest absolute Gasteiger partial charge is 0.280 e. The molecule has 0 aliphatic rings. The molecule has 0 aliphatic carbocycles. The lowest BCUT2D eigenvalue weighted by atomic mass is 10.2. The minimum absolute atomic E-state index is 0.326. The third-order valence-electron chi connectivity index (χ3n) is 4.27. The lowest BCUT2D eigenvalue weighted by Gasteiger charge is -2.09. The molecule has 0 aliphatic heterocycles. The smallest absolute Gasteiger partial charge is 0.267 e. The fourth-order valence-corrected chi connectivity index (χ4v) is 2.97. The molecule has 1 N–H and O–H groups in total. The molecule has 7 nitrogen and oxygen atoms in total.